The molecule has 0 spiro atoms. The van der Waals surface area contributed by atoms with E-state index in [1.807, 2.05) is 12.1 Å². The summed E-state index contributed by atoms with van der Waals surface area (Å²) in [5.41, 5.74) is 0.838. The second-order valence-electron chi connectivity index (χ2n) is 5.50. The molecule has 1 aromatic carbocycles. The Morgan fingerprint density at radius 3 is 2.35 bits per heavy atom. The van der Waals surface area contributed by atoms with Crippen LogP contribution >= 0.6 is 0 Å². The van der Waals surface area contributed by atoms with Crippen molar-refractivity contribution in [1.82, 2.24) is 5.32 Å². The minimum absolute atomic E-state index is 0.0660. The highest BCUT2D eigenvalue weighted by Gasteiger charge is 2.40. The number of benzene rings is 1. The number of halogens is 1. The van der Waals surface area contributed by atoms with E-state index >= 15 is 0 Å². The van der Waals surface area contributed by atoms with Gasteiger partial charge in [0.05, 0.1) is 0 Å². The summed E-state index contributed by atoms with van der Waals surface area (Å²) in [6, 6.07) is 7.83. The SMILES string of the molecule is Fc1ccccc1CCNC(C1CC1)C1CC1. The van der Waals surface area contributed by atoms with E-state index in [1.54, 1.807) is 12.1 Å². The number of hydrogen-bond donors (Lipinski definition) is 1. The fraction of sp³-hybridized carbons (Fsp3) is 0.600. The van der Waals surface area contributed by atoms with Crippen molar-refractivity contribution in [2.75, 3.05) is 6.54 Å². The van der Waals surface area contributed by atoms with Crippen molar-refractivity contribution in [1.29, 1.82) is 0 Å². The molecule has 0 unspecified atom stereocenters. The number of rotatable bonds is 6. The summed E-state index contributed by atoms with van der Waals surface area (Å²) in [7, 11) is 0. The Morgan fingerprint density at radius 2 is 1.76 bits per heavy atom. The molecule has 2 aliphatic carbocycles. The molecule has 2 aliphatic rings. The van der Waals surface area contributed by atoms with Gasteiger partial charge >= 0.3 is 0 Å². The van der Waals surface area contributed by atoms with E-state index in [1.165, 1.54) is 25.7 Å². The second-order valence-corrected chi connectivity index (χ2v) is 5.50. The maximum atomic E-state index is 13.4. The Balaban J connectivity index is 1.49. The van der Waals surface area contributed by atoms with Gasteiger partial charge in [-0.05, 0) is 62.1 Å². The first-order valence-corrected chi connectivity index (χ1v) is 6.81. The van der Waals surface area contributed by atoms with E-state index in [2.05, 4.69) is 5.32 Å². The molecule has 2 fully saturated rings. The Labute approximate surface area is 102 Å². The molecule has 17 heavy (non-hydrogen) atoms. The van der Waals surface area contributed by atoms with Crippen molar-refractivity contribution < 1.29 is 4.39 Å². The standard InChI is InChI=1S/C15H20FN/c16-14-4-2-1-3-11(14)9-10-17-15(12-5-6-12)13-7-8-13/h1-4,12-13,15,17H,5-10H2. The second kappa shape index (κ2) is 4.77. The van der Waals surface area contributed by atoms with Gasteiger partial charge in [-0.2, -0.15) is 0 Å². The third-order valence-electron chi connectivity index (χ3n) is 3.99. The Kier molecular flexibility index (Phi) is 3.15. The molecule has 0 heterocycles. The summed E-state index contributed by atoms with van der Waals surface area (Å²) >= 11 is 0. The first-order valence-electron chi connectivity index (χ1n) is 6.81. The van der Waals surface area contributed by atoms with E-state index < -0.39 is 0 Å². The molecule has 92 valence electrons. The van der Waals surface area contributed by atoms with Crippen LogP contribution in [0.5, 0.6) is 0 Å². The molecule has 0 atom stereocenters. The zero-order valence-corrected chi connectivity index (χ0v) is 10.2. The van der Waals surface area contributed by atoms with E-state index in [0.29, 0.717) is 0 Å². The van der Waals surface area contributed by atoms with Gasteiger partial charge in [0.15, 0.2) is 0 Å². The topological polar surface area (TPSA) is 12.0 Å². The van der Waals surface area contributed by atoms with Crippen LogP contribution < -0.4 is 5.32 Å². The first kappa shape index (κ1) is 11.2. The number of hydrogen-bond acceptors (Lipinski definition) is 1. The molecule has 0 amide bonds. The average molecular weight is 233 g/mol. The van der Waals surface area contributed by atoms with Gasteiger partial charge in [0.2, 0.25) is 0 Å². The summed E-state index contributed by atoms with van der Waals surface area (Å²) in [4.78, 5) is 0. The summed E-state index contributed by atoms with van der Waals surface area (Å²) in [5, 5.41) is 3.65. The highest BCUT2D eigenvalue weighted by Crippen LogP contribution is 2.44. The lowest BCUT2D eigenvalue weighted by Crippen LogP contribution is -2.34. The van der Waals surface area contributed by atoms with Crippen molar-refractivity contribution in [3.63, 3.8) is 0 Å². The molecule has 2 heteroatoms. The molecule has 1 nitrogen and oxygen atoms in total. The van der Waals surface area contributed by atoms with Gasteiger partial charge in [-0.25, -0.2) is 4.39 Å². The largest absolute Gasteiger partial charge is 0.313 e. The predicted molar refractivity (Wildman–Crippen MR) is 67.3 cm³/mol. The van der Waals surface area contributed by atoms with Crippen LogP contribution in [0.1, 0.15) is 31.2 Å². The predicted octanol–water partition coefficient (Wildman–Crippen LogP) is 3.15. The summed E-state index contributed by atoms with van der Waals surface area (Å²) in [5.74, 6) is 1.77. The summed E-state index contributed by atoms with van der Waals surface area (Å²) < 4.78 is 13.4. The van der Waals surface area contributed by atoms with Crippen molar-refractivity contribution in [3.8, 4) is 0 Å². The summed E-state index contributed by atoms with van der Waals surface area (Å²) in [6.07, 6.45) is 6.39. The fourth-order valence-corrected chi connectivity index (χ4v) is 2.70. The minimum Gasteiger partial charge on any atom is -0.313 e. The molecule has 2 saturated carbocycles. The zero-order valence-electron chi connectivity index (χ0n) is 10.2. The lowest BCUT2D eigenvalue weighted by molar-refractivity contribution is 0.418. The maximum absolute atomic E-state index is 13.4. The average Bonchev–Trinajstić information content (AvgIpc) is 3.18. The normalized spacial score (nSPS) is 19.9. The smallest absolute Gasteiger partial charge is 0.126 e. The van der Waals surface area contributed by atoms with Crippen LogP contribution in [0.15, 0.2) is 24.3 Å². The third-order valence-corrected chi connectivity index (χ3v) is 3.99. The fourth-order valence-electron chi connectivity index (χ4n) is 2.70. The van der Waals surface area contributed by atoms with Crippen molar-refractivity contribution in [3.05, 3.63) is 35.6 Å². The van der Waals surface area contributed by atoms with Gasteiger partial charge < -0.3 is 5.32 Å². The zero-order chi connectivity index (χ0) is 11.7. The van der Waals surface area contributed by atoms with Crippen molar-refractivity contribution in [2.24, 2.45) is 11.8 Å². The van der Waals surface area contributed by atoms with Crippen molar-refractivity contribution >= 4 is 0 Å². The van der Waals surface area contributed by atoms with Gasteiger partial charge in [0.1, 0.15) is 5.82 Å². The third kappa shape index (κ3) is 2.86. The van der Waals surface area contributed by atoms with E-state index in [-0.39, 0.29) is 5.82 Å². The molecule has 1 N–H and O–H groups in total. The minimum atomic E-state index is -0.0660. The molecule has 1 aromatic rings. The Morgan fingerprint density at radius 1 is 1.12 bits per heavy atom. The number of nitrogens with one attached hydrogen (secondary N) is 1. The van der Waals surface area contributed by atoms with Crippen LogP contribution in [0.3, 0.4) is 0 Å². The molecule has 3 rings (SSSR count). The van der Waals surface area contributed by atoms with Gasteiger partial charge in [0, 0.05) is 6.04 Å². The Hall–Kier alpha value is -0.890. The molecule has 0 aromatic heterocycles. The van der Waals surface area contributed by atoms with Gasteiger partial charge in [0.25, 0.3) is 0 Å². The molecule has 0 aliphatic heterocycles. The molecular weight excluding hydrogens is 213 g/mol. The lowest BCUT2D eigenvalue weighted by atomic mass is 10.1. The van der Waals surface area contributed by atoms with Gasteiger partial charge in [-0.1, -0.05) is 18.2 Å². The molecule has 0 bridgehead atoms. The van der Waals surface area contributed by atoms with E-state index in [4.69, 9.17) is 0 Å². The van der Waals surface area contributed by atoms with Crippen LogP contribution in [0.2, 0.25) is 0 Å². The lowest BCUT2D eigenvalue weighted by Gasteiger charge is -2.17. The van der Waals surface area contributed by atoms with E-state index in [0.717, 1.165) is 36.4 Å². The highest BCUT2D eigenvalue weighted by atomic mass is 19.1. The maximum Gasteiger partial charge on any atom is 0.126 e. The molecule has 0 radical (unpaired) electrons. The summed E-state index contributed by atoms with van der Waals surface area (Å²) in [6.45, 7) is 0.915. The molecular formula is C15H20FN. The quantitative estimate of drug-likeness (QED) is 0.796. The van der Waals surface area contributed by atoms with Crippen molar-refractivity contribution in [2.45, 2.75) is 38.1 Å². The van der Waals surface area contributed by atoms with Crippen LogP contribution in [-0.4, -0.2) is 12.6 Å². The van der Waals surface area contributed by atoms with Crippen LogP contribution in [-0.2, 0) is 6.42 Å². The van der Waals surface area contributed by atoms with E-state index in [9.17, 15) is 4.39 Å². The Bertz CT molecular complexity index is 370. The van der Waals surface area contributed by atoms with Gasteiger partial charge in [-0.15, -0.1) is 0 Å². The van der Waals surface area contributed by atoms with Crippen LogP contribution in [0.4, 0.5) is 4.39 Å². The van der Waals surface area contributed by atoms with Crippen LogP contribution in [0, 0.1) is 17.7 Å². The highest BCUT2D eigenvalue weighted by molar-refractivity contribution is 5.17. The monoisotopic (exact) mass is 233 g/mol. The van der Waals surface area contributed by atoms with Gasteiger partial charge in [-0.3, -0.25) is 0 Å². The first-order chi connectivity index (χ1) is 8.34. The molecule has 0 saturated heterocycles. The van der Waals surface area contributed by atoms with Crippen LogP contribution in [0.25, 0.3) is 0 Å².